The molecule has 22 heavy (non-hydrogen) atoms. The molecule has 0 amide bonds. The third kappa shape index (κ3) is 4.49. The number of nitrogens with zero attached hydrogens (tertiary/aromatic N) is 1. The van der Waals surface area contributed by atoms with Gasteiger partial charge in [0.05, 0.1) is 25.2 Å². The molecule has 0 aromatic heterocycles. The quantitative estimate of drug-likeness (QED) is 0.385. The number of alkyl halides is 5. The van der Waals surface area contributed by atoms with Crippen molar-refractivity contribution in [1.82, 2.24) is 0 Å². The summed E-state index contributed by atoms with van der Waals surface area (Å²) in [7, 11) is 0. The molecule has 0 aliphatic carbocycles. The highest BCUT2D eigenvalue weighted by Gasteiger charge is 2.69. The summed E-state index contributed by atoms with van der Waals surface area (Å²) in [5.41, 5.74) is 0. The van der Waals surface area contributed by atoms with Gasteiger partial charge in [-0.05, 0) is 27.7 Å². The molecule has 0 spiro atoms. The van der Waals surface area contributed by atoms with Crippen molar-refractivity contribution in [2.24, 2.45) is 0 Å². The van der Waals surface area contributed by atoms with Gasteiger partial charge in [-0.2, -0.15) is 13.2 Å². The van der Waals surface area contributed by atoms with Gasteiger partial charge in [-0.3, -0.25) is 0 Å². The Bertz CT molecular complexity index is 316. The third-order valence-corrected chi connectivity index (χ3v) is 4.24. The fraction of sp³-hybridized carbons (Fsp3) is 1.00. The summed E-state index contributed by atoms with van der Waals surface area (Å²) in [4.78, 5) is 0. The van der Waals surface area contributed by atoms with Crippen LogP contribution in [-0.2, 0) is 0 Å². The minimum absolute atomic E-state index is 0.817. The van der Waals surface area contributed by atoms with Crippen LogP contribution in [-0.4, -0.2) is 48.6 Å². The second-order valence-corrected chi connectivity index (χ2v) is 6.14. The topological polar surface area (TPSA) is 0 Å². The molecule has 1 rings (SSSR count). The molecule has 0 bridgehead atoms. The molecule has 134 valence electrons. The van der Waals surface area contributed by atoms with Crippen molar-refractivity contribution in [3.8, 4) is 0 Å². The van der Waals surface area contributed by atoms with E-state index in [0.29, 0.717) is 0 Å². The Labute approximate surface area is 125 Å². The molecule has 0 aromatic carbocycles. The molecule has 10 heteroatoms. The molecule has 0 unspecified atom stereocenters. The van der Waals surface area contributed by atoms with Crippen molar-refractivity contribution < 1.29 is 39.4 Å². The molecule has 0 radical (unpaired) electrons. The Morgan fingerprint density at radius 2 is 1.09 bits per heavy atom. The molecule has 0 saturated carbocycles. The van der Waals surface area contributed by atoms with E-state index in [4.69, 9.17) is 0 Å². The van der Waals surface area contributed by atoms with Gasteiger partial charge in [0, 0.05) is 12.8 Å². The summed E-state index contributed by atoms with van der Waals surface area (Å²) in [5.74, 6) is -6.56. The van der Waals surface area contributed by atoms with E-state index in [0.717, 1.165) is 12.1 Å². The Morgan fingerprint density at radius 3 is 1.18 bits per heavy atom. The van der Waals surface area contributed by atoms with E-state index >= 15 is 0 Å². The maximum absolute atomic E-state index is 11.2. The van der Waals surface area contributed by atoms with Gasteiger partial charge in [0.25, 0.3) is 0 Å². The summed E-state index contributed by atoms with van der Waals surface area (Å²) in [5, 5.41) is 0. The van der Waals surface area contributed by atoms with Crippen LogP contribution in [0.5, 0.6) is 0 Å². The first kappa shape index (κ1) is 21.5. The van der Waals surface area contributed by atoms with Gasteiger partial charge >= 0.3 is 19.0 Å². The van der Waals surface area contributed by atoms with Gasteiger partial charge in [-0.25, -0.2) is 8.78 Å². The average Bonchev–Trinajstić information content (AvgIpc) is 2.76. The zero-order valence-corrected chi connectivity index (χ0v) is 13.0. The SMILES string of the molecule is CC(C)[N+]1(C(C)C)CCCC1.F[B-](F)(F)C(F)(F)C(F)(F)F. The number of hydrogen-bond donors (Lipinski definition) is 0. The first-order chi connectivity index (χ1) is 9.59. The molecule has 1 saturated heterocycles. The van der Waals surface area contributed by atoms with Gasteiger partial charge in [0.2, 0.25) is 0 Å². The molecule has 1 aliphatic rings. The van der Waals surface area contributed by atoms with E-state index in [2.05, 4.69) is 27.7 Å². The number of hydrogen-bond acceptors (Lipinski definition) is 0. The normalized spacial score (nSPS) is 19.4. The van der Waals surface area contributed by atoms with Crippen LogP contribution in [0.2, 0.25) is 0 Å². The monoisotopic (exact) mass is 343 g/mol. The van der Waals surface area contributed by atoms with E-state index in [-0.39, 0.29) is 0 Å². The molecule has 1 fully saturated rings. The maximum Gasteiger partial charge on any atom is 0.558 e. The maximum atomic E-state index is 11.2. The van der Waals surface area contributed by atoms with Gasteiger partial charge in [-0.1, -0.05) is 0 Å². The minimum atomic E-state index is -7.21. The summed E-state index contributed by atoms with van der Waals surface area (Å²) in [6.45, 7) is 5.08. The van der Waals surface area contributed by atoms with Crippen molar-refractivity contribution in [3.63, 3.8) is 0 Å². The van der Waals surface area contributed by atoms with Crippen LogP contribution in [0.25, 0.3) is 0 Å². The van der Waals surface area contributed by atoms with E-state index in [1.54, 1.807) is 0 Å². The highest BCUT2D eigenvalue weighted by Crippen LogP contribution is 2.44. The average molecular weight is 343 g/mol. The van der Waals surface area contributed by atoms with Crippen molar-refractivity contribution >= 4 is 6.98 Å². The Kier molecular flexibility index (Phi) is 6.76. The second-order valence-electron chi connectivity index (χ2n) is 6.14. The van der Waals surface area contributed by atoms with Crippen molar-refractivity contribution in [2.75, 3.05) is 13.1 Å². The summed E-state index contributed by atoms with van der Waals surface area (Å²) >= 11 is 0. The first-order valence-corrected chi connectivity index (χ1v) is 7.10. The predicted octanol–water partition coefficient (Wildman–Crippen LogP) is 4.98. The lowest BCUT2D eigenvalue weighted by atomic mass is 9.80. The van der Waals surface area contributed by atoms with Crippen LogP contribution in [0.15, 0.2) is 0 Å². The predicted molar refractivity (Wildman–Crippen MR) is 69.6 cm³/mol. The lowest BCUT2D eigenvalue weighted by Crippen LogP contribution is -2.55. The van der Waals surface area contributed by atoms with Crippen molar-refractivity contribution in [1.29, 1.82) is 0 Å². The zero-order valence-electron chi connectivity index (χ0n) is 13.0. The highest BCUT2D eigenvalue weighted by atomic mass is 19.4. The van der Waals surface area contributed by atoms with E-state index < -0.39 is 19.0 Å². The second kappa shape index (κ2) is 6.92. The number of quaternary nitrogens is 1. The minimum Gasteiger partial charge on any atom is -0.445 e. The van der Waals surface area contributed by atoms with Crippen LogP contribution in [0, 0.1) is 0 Å². The largest absolute Gasteiger partial charge is 0.558 e. The van der Waals surface area contributed by atoms with Gasteiger partial charge in [0.1, 0.15) is 0 Å². The van der Waals surface area contributed by atoms with E-state index in [9.17, 15) is 34.9 Å². The molecule has 1 aliphatic heterocycles. The van der Waals surface area contributed by atoms with E-state index in [1.807, 2.05) is 0 Å². The number of halogens is 8. The summed E-state index contributed by atoms with van der Waals surface area (Å²) < 4.78 is 89.2. The first-order valence-electron chi connectivity index (χ1n) is 7.10. The van der Waals surface area contributed by atoms with Crippen LogP contribution in [0.3, 0.4) is 0 Å². The molecule has 0 aromatic rings. The zero-order chi connectivity index (χ0) is 18.0. The lowest BCUT2D eigenvalue weighted by molar-refractivity contribution is -0.956. The molecular formula is C12H22BF8N. The van der Waals surface area contributed by atoms with Crippen LogP contribution < -0.4 is 0 Å². The third-order valence-electron chi connectivity index (χ3n) is 4.24. The molecular weight excluding hydrogens is 321 g/mol. The van der Waals surface area contributed by atoms with Crippen molar-refractivity contribution in [3.05, 3.63) is 0 Å². The Balaban J connectivity index is 0.000000401. The summed E-state index contributed by atoms with van der Waals surface area (Å²) in [6.07, 6.45) is -3.67. The van der Waals surface area contributed by atoms with Crippen LogP contribution in [0.4, 0.5) is 34.9 Å². The van der Waals surface area contributed by atoms with Gasteiger partial charge in [0.15, 0.2) is 0 Å². The molecule has 1 heterocycles. The summed E-state index contributed by atoms with van der Waals surface area (Å²) in [6, 6.07) is 1.63. The van der Waals surface area contributed by atoms with E-state index in [1.165, 1.54) is 30.4 Å². The fourth-order valence-corrected chi connectivity index (χ4v) is 2.74. The van der Waals surface area contributed by atoms with Crippen molar-refractivity contribution in [2.45, 2.75) is 64.6 Å². The van der Waals surface area contributed by atoms with Gasteiger partial charge < -0.3 is 17.4 Å². The van der Waals surface area contributed by atoms with Gasteiger partial charge in [-0.15, -0.1) is 0 Å². The van der Waals surface area contributed by atoms with Crippen LogP contribution >= 0.6 is 0 Å². The number of rotatable bonds is 3. The smallest absolute Gasteiger partial charge is 0.445 e. The van der Waals surface area contributed by atoms with Crippen LogP contribution in [0.1, 0.15) is 40.5 Å². The lowest BCUT2D eigenvalue weighted by Gasteiger charge is -2.42. The standard InChI is InChI=1S/C10H22N.C2BF8/c1-9(2)11(10(3)4)7-5-6-8-11;4-1(5,2(6,7)8)3(9,10)11/h9-10H,5-8H2,1-4H3;/q+1;-1. The highest BCUT2D eigenvalue weighted by molar-refractivity contribution is 6.61. The fourth-order valence-electron chi connectivity index (χ4n) is 2.74. The Hall–Kier alpha value is -0.535. The molecule has 1 nitrogen and oxygen atoms in total. The molecule has 0 N–H and O–H groups in total. The number of likely N-dealkylation sites (tertiary alicyclic amines) is 1. The Morgan fingerprint density at radius 1 is 0.773 bits per heavy atom. The molecule has 0 atom stereocenters.